The molecule has 1 saturated heterocycles. The van der Waals surface area contributed by atoms with E-state index in [-0.39, 0.29) is 23.7 Å². The molecule has 1 unspecified atom stereocenters. The minimum Gasteiger partial charge on any atom is -0.493 e. The Morgan fingerprint density at radius 2 is 1.87 bits per heavy atom. The summed E-state index contributed by atoms with van der Waals surface area (Å²) in [5.74, 6) is 1.75. The van der Waals surface area contributed by atoms with Crippen LogP contribution < -0.4 is 14.8 Å². The van der Waals surface area contributed by atoms with Crippen molar-refractivity contribution in [3.8, 4) is 11.5 Å². The fraction of sp³-hybridized carbons (Fsp3) is 0.588. The van der Waals surface area contributed by atoms with E-state index in [4.69, 9.17) is 9.47 Å². The maximum Gasteiger partial charge on any atom is 0.230 e. The first kappa shape index (κ1) is 17.9. The van der Waals surface area contributed by atoms with Crippen molar-refractivity contribution in [3.63, 3.8) is 0 Å². The number of carbonyl (C=O) groups excluding carboxylic acids is 1. The first-order valence-corrected chi connectivity index (χ1v) is 7.81. The second-order valence-electron chi connectivity index (χ2n) is 6.44. The van der Waals surface area contributed by atoms with Crippen molar-refractivity contribution in [1.82, 2.24) is 10.2 Å². The summed E-state index contributed by atoms with van der Waals surface area (Å²) in [6, 6.07) is 4.04. The van der Waals surface area contributed by atoms with Crippen molar-refractivity contribution in [2.75, 3.05) is 33.9 Å². The van der Waals surface area contributed by atoms with Crippen LogP contribution in [0.5, 0.6) is 11.5 Å². The summed E-state index contributed by atoms with van der Waals surface area (Å²) >= 11 is 0. The molecule has 1 N–H and O–H groups in total. The molecule has 6 heteroatoms. The fourth-order valence-electron chi connectivity index (χ4n) is 3.44. The normalized spacial score (nSPS) is 23.0. The lowest BCUT2D eigenvalue weighted by atomic mass is 9.87. The van der Waals surface area contributed by atoms with E-state index < -0.39 is 0 Å². The highest BCUT2D eigenvalue weighted by Crippen LogP contribution is 2.35. The average molecular weight is 341 g/mol. The Hall–Kier alpha value is -1.46. The van der Waals surface area contributed by atoms with Gasteiger partial charge in [-0.05, 0) is 49.6 Å². The molecule has 1 fully saturated rings. The molecule has 0 spiro atoms. The molecule has 0 aliphatic carbocycles. The number of rotatable bonds is 3. The Labute approximate surface area is 143 Å². The van der Waals surface area contributed by atoms with Crippen molar-refractivity contribution in [1.29, 1.82) is 0 Å². The topological polar surface area (TPSA) is 50.8 Å². The number of nitrogens with one attached hydrogen (secondary N) is 1. The number of halogens is 1. The number of nitrogens with zero attached hydrogens (tertiary/aromatic N) is 1. The van der Waals surface area contributed by atoms with E-state index in [2.05, 4.69) is 12.2 Å². The number of fused-ring (bicyclic) bond motifs is 1. The third-order valence-electron chi connectivity index (χ3n) is 4.89. The van der Waals surface area contributed by atoms with Crippen molar-refractivity contribution in [2.45, 2.75) is 26.3 Å². The smallest absolute Gasteiger partial charge is 0.230 e. The van der Waals surface area contributed by atoms with Gasteiger partial charge < -0.3 is 19.7 Å². The molecular weight excluding hydrogens is 316 g/mol. The highest BCUT2D eigenvalue weighted by molar-refractivity contribution is 5.85. The maximum absolute atomic E-state index is 12.8. The van der Waals surface area contributed by atoms with Gasteiger partial charge in [-0.15, -0.1) is 12.4 Å². The number of methoxy groups -OCH3 is 2. The van der Waals surface area contributed by atoms with E-state index in [1.165, 1.54) is 5.56 Å². The van der Waals surface area contributed by atoms with Crippen molar-refractivity contribution in [2.24, 2.45) is 5.41 Å². The van der Waals surface area contributed by atoms with Gasteiger partial charge in [-0.3, -0.25) is 4.79 Å². The van der Waals surface area contributed by atoms with Crippen LogP contribution in [0.15, 0.2) is 12.1 Å². The van der Waals surface area contributed by atoms with Gasteiger partial charge in [0.05, 0.1) is 19.6 Å². The Kier molecular flexibility index (Phi) is 5.42. The molecule has 1 aromatic rings. The molecule has 23 heavy (non-hydrogen) atoms. The van der Waals surface area contributed by atoms with Gasteiger partial charge >= 0.3 is 0 Å². The first-order chi connectivity index (χ1) is 10.6. The van der Waals surface area contributed by atoms with Gasteiger partial charge in [-0.1, -0.05) is 0 Å². The molecule has 2 aliphatic heterocycles. The predicted molar refractivity (Wildman–Crippen MR) is 91.5 cm³/mol. The van der Waals surface area contributed by atoms with Gasteiger partial charge in [0.2, 0.25) is 5.91 Å². The summed E-state index contributed by atoms with van der Waals surface area (Å²) in [5, 5.41) is 3.30. The maximum atomic E-state index is 12.8. The van der Waals surface area contributed by atoms with Crippen LogP contribution in [0, 0.1) is 5.41 Å². The molecule has 3 rings (SSSR count). The van der Waals surface area contributed by atoms with Crippen LogP contribution in [-0.2, 0) is 17.8 Å². The predicted octanol–water partition coefficient (Wildman–Crippen LogP) is 2.01. The second-order valence-corrected chi connectivity index (χ2v) is 6.44. The molecule has 0 aromatic heterocycles. The first-order valence-electron chi connectivity index (χ1n) is 7.81. The number of amides is 1. The Bertz CT molecular complexity index is 585. The van der Waals surface area contributed by atoms with Crippen LogP contribution in [0.4, 0.5) is 0 Å². The summed E-state index contributed by atoms with van der Waals surface area (Å²) in [6.45, 7) is 5.21. The Balaban J connectivity index is 0.00000192. The molecule has 0 bridgehead atoms. The molecule has 0 radical (unpaired) electrons. The van der Waals surface area contributed by atoms with E-state index in [0.717, 1.165) is 49.5 Å². The molecule has 0 saturated carbocycles. The molecule has 128 valence electrons. The average Bonchev–Trinajstić information content (AvgIpc) is 3.00. The van der Waals surface area contributed by atoms with E-state index in [1.807, 2.05) is 17.0 Å². The Morgan fingerprint density at radius 3 is 2.43 bits per heavy atom. The van der Waals surface area contributed by atoms with Gasteiger partial charge in [0, 0.05) is 19.6 Å². The third-order valence-corrected chi connectivity index (χ3v) is 4.89. The van der Waals surface area contributed by atoms with Crippen LogP contribution in [-0.4, -0.2) is 44.7 Å². The van der Waals surface area contributed by atoms with Crippen molar-refractivity contribution in [3.05, 3.63) is 23.3 Å². The molecule has 1 aromatic carbocycles. The minimum absolute atomic E-state index is 0. The van der Waals surface area contributed by atoms with Crippen molar-refractivity contribution < 1.29 is 14.3 Å². The minimum atomic E-state index is -0.256. The monoisotopic (exact) mass is 340 g/mol. The highest BCUT2D eigenvalue weighted by atomic mass is 35.5. The van der Waals surface area contributed by atoms with Crippen LogP contribution in [0.1, 0.15) is 24.5 Å². The number of ether oxygens (including phenoxy) is 2. The molecule has 1 amide bonds. The van der Waals surface area contributed by atoms with Gasteiger partial charge in [0.15, 0.2) is 11.5 Å². The van der Waals surface area contributed by atoms with Gasteiger partial charge in [0.25, 0.3) is 0 Å². The van der Waals surface area contributed by atoms with Crippen LogP contribution in [0.25, 0.3) is 0 Å². The molecule has 1 atom stereocenters. The van der Waals surface area contributed by atoms with Crippen molar-refractivity contribution >= 4 is 18.3 Å². The summed E-state index contributed by atoms with van der Waals surface area (Å²) < 4.78 is 10.7. The van der Waals surface area contributed by atoms with Gasteiger partial charge in [-0.25, -0.2) is 0 Å². The zero-order valence-corrected chi connectivity index (χ0v) is 14.8. The summed E-state index contributed by atoms with van der Waals surface area (Å²) in [4.78, 5) is 14.8. The van der Waals surface area contributed by atoms with E-state index in [9.17, 15) is 4.79 Å². The number of benzene rings is 1. The summed E-state index contributed by atoms with van der Waals surface area (Å²) in [5.41, 5.74) is 2.15. The molecule has 2 aliphatic rings. The standard InChI is InChI=1S/C17H24N2O3.ClH/c1-17(5-6-18-11-17)16(20)19-7-4-12-8-14(21-2)15(22-3)9-13(12)10-19;/h8-9,18H,4-7,10-11H2,1-3H3;1H. The SMILES string of the molecule is COc1cc2c(cc1OC)CN(C(=O)C1(C)CCNC1)CC2.Cl. The molecule has 5 nitrogen and oxygen atoms in total. The van der Waals surface area contributed by atoms with E-state index >= 15 is 0 Å². The number of hydrogen-bond acceptors (Lipinski definition) is 4. The third kappa shape index (κ3) is 3.26. The summed E-state index contributed by atoms with van der Waals surface area (Å²) in [6.07, 6.45) is 1.78. The number of carbonyl (C=O) groups is 1. The van der Waals surface area contributed by atoms with E-state index in [1.54, 1.807) is 14.2 Å². The zero-order valence-electron chi connectivity index (χ0n) is 14.0. The van der Waals surface area contributed by atoms with Crippen LogP contribution >= 0.6 is 12.4 Å². The molecule has 2 heterocycles. The summed E-state index contributed by atoms with van der Waals surface area (Å²) in [7, 11) is 3.29. The number of hydrogen-bond donors (Lipinski definition) is 1. The van der Waals surface area contributed by atoms with Gasteiger partial charge in [0.1, 0.15) is 0 Å². The second kappa shape index (κ2) is 6.97. The lowest BCUT2D eigenvalue weighted by molar-refractivity contribution is -0.141. The highest BCUT2D eigenvalue weighted by Gasteiger charge is 2.40. The van der Waals surface area contributed by atoms with Crippen LogP contribution in [0.2, 0.25) is 0 Å². The Morgan fingerprint density at radius 1 is 1.22 bits per heavy atom. The van der Waals surface area contributed by atoms with Gasteiger partial charge in [-0.2, -0.15) is 0 Å². The quantitative estimate of drug-likeness (QED) is 0.914. The van der Waals surface area contributed by atoms with Crippen LogP contribution in [0.3, 0.4) is 0 Å². The lowest BCUT2D eigenvalue weighted by Crippen LogP contribution is -2.45. The lowest BCUT2D eigenvalue weighted by Gasteiger charge is -2.35. The fourth-order valence-corrected chi connectivity index (χ4v) is 3.44. The molecular formula is C17H25ClN2O3. The zero-order chi connectivity index (χ0) is 15.7. The largest absolute Gasteiger partial charge is 0.493 e. The van der Waals surface area contributed by atoms with E-state index in [0.29, 0.717) is 6.54 Å².